The van der Waals surface area contributed by atoms with E-state index in [4.69, 9.17) is 28.5 Å². The highest BCUT2D eigenvalue weighted by molar-refractivity contribution is 6.39. The summed E-state index contributed by atoms with van der Waals surface area (Å²) in [5, 5.41) is 45.4. The first-order valence-electron chi connectivity index (χ1n) is 27.6. The summed E-state index contributed by atoms with van der Waals surface area (Å²) in [6.07, 6.45) is 8.92. The average Bonchev–Trinajstić information content (AvgIpc) is 3.39. The number of cyclic esters (lactones) is 1. The van der Waals surface area contributed by atoms with Gasteiger partial charge in [-0.05, 0) is 119 Å². The molecule has 3 heterocycles. The summed E-state index contributed by atoms with van der Waals surface area (Å²) in [7, 11) is 4.00. The van der Waals surface area contributed by atoms with Crippen molar-refractivity contribution in [2.24, 2.45) is 41.4 Å². The summed E-state index contributed by atoms with van der Waals surface area (Å²) in [4.78, 5) is 104. The Morgan fingerprint density at radius 3 is 2.29 bits per heavy atom. The molecule has 15 atom stereocenters. The number of unbranched alkanes of at least 4 members (excludes halogenated alkanes) is 1. The molecule has 0 spiro atoms. The quantitative estimate of drug-likeness (QED) is 0.0398. The summed E-state index contributed by atoms with van der Waals surface area (Å²) in [5.41, 5.74) is 0.824. The van der Waals surface area contributed by atoms with Crippen molar-refractivity contribution >= 4 is 41.3 Å². The van der Waals surface area contributed by atoms with Gasteiger partial charge in [-0.15, -0.1) is 0 Å². The number of aliphatic hydroxyl groups is 2. The van der Waals surface area contributed by atoms with Crippen LogP contribution in [0.5, 0.6) is 0 Å². The van der Waals surface area contributed by atoms with Gasteiger partial charge >= 0.3 is 18.0 Å². The summed E-state index contributed by atoms with van der Waals surface area (Å²) in [6, 6.07) is -2.33. The second kappa shape index (κ2) is 30.6. The van der Waals surface area contributed by atoms with Gasteiger partial charge in [-0.1, -0.05) is 84.4 Å². The summed E-state index contributed by atoms with van der Waals surface area (Å²) < 4.78 is 29.1. The number of carbonyl (C=O) groups is 7. The maximum atomic E-state index is 14.6. The second-order valence-corrected chi connectivity index (χ2v) is 22.1. The number of amides is 2. The van der Waals surface area contributed by atoms with Crippen LogP contribution in [0.1, 0.15) is 145 Å². The number of piperidine rings is 1. The lowest BCUT2D eigenvalue weighted by molar-refractivity contribution is -0.306. The molecular formula is C57H89N3O17. The largest absolute Gasteiger partial charge is 0.460 e. The van der Waals surface area contributed by atoms with Gasteiger partial charge in [0.15, 0.2) is 5.78 Å². The molecule has 1 aliphatic carbocycles. The highest BCUT2D eigenvalue weighted by atomic mass is 16.9. The lowest BCUT2D eigenvalue weighted by Gasteiger charge is -2.43. The van der Waals surface area contributed by atoms with Crippen molar-refractivity contribution in [3.63, 3.8) is 0 Å². The van der Waals surface area contributed by atoms with Crippen molar-refractivity contribution in [1.29, 1.82) is 0 Å². The minimum absolute atomic E-state index is 0.0198. The minimum Gasteiger partial charge on any atom is -0.460 e. The van der Waals surface area contributed by atoms with Crippen LogP contribution in [-0.4, -0.2) is 160 Å². The third-order valence-corrected chi connectivity index (χ3v) is 16.0. The number of hydrogen-bond donors (Lipinski definition) is 4. The molecule has 4 aliphatic rings. The predicted molar refractivity (Wildman–Crippen MR) is 281 cm³/mol. The maximum absolute atomic E-state index is 14.6. The van der Waals surface area contributed by atoms with Gasteiger partial charge in [0, 0.05) is 51.4 Å². The first kappa shape index (κ1) is 64.9. The molecule has 0 aromatic rings. The van der Waals surface area contributed by atoms with E-state index in [0.717, 1.165) is 11.3 Å². The van der Waals surface area contributed by atoms with Crippen molar-refractivity contribution in [2.45, 2.75) is 194 Å². The number of esters is 1. The predicted octanol–water partition coefficient (Wildman–Crippen LogP) is 7.20. The van der Waals surface area contributed by atoms with Crippen LogP contribution in [0.25, 0.3) is 0 Å². The molecular weight excluding hydrogens is 999 g/mol. The number of fused-ring (bicyclic) bond motifs is 3. The van der Waals surface area contributed by atoms with Gasteiger partial charge in [0.25, 0.3) is 11.7 Å². The van der Waals surface area contributed by atoms with E-state index in [9.17, 15) is 54.2 Å². The van der Waals surface area contributed by atoms with Crippen LogP contribution in [-0.2, 0) is 57.3 Å². The maximum Gasteiger partial charge on any atom is 0.434 e. The number of hydrogen-bond acceptors (Lipinski definition) is 18. The Morgan fingerprint density at radius 2 is 1.62 bits per heavy atom. The summed E-state index contributed by atoms with van der Waals surface area (Å²) in [6.45, 7) is 14.0. The molecule has 4 N–H and O–H groups in total. The number of hydroxylamine groups is 4. The smallest absolute Gasteiger partial charge is 0.434 e. The lowest BCUT2D eigenvalue weighted by Crippen LogP contribution is -2.61. The van der Waals surface area contributed by atoms with Crippen molar-refractivity contribution < 1.29 is 82.7 Å². The van der Waals surface area contributed by atoms with E-state index < -0.39 is 108 Å². The van der Waals surface area contributed by atoms with E-state index >= 15 is 0 Å². The van der Waals surface area contributed by atoms with Crippen molar-refractivity contribution in [1.82, 2.24) is 15.2 Å². The molecule has 2 bridgehead atoms. The number of aliphatic hydroxyl groups excluding tert-OH is 1. The molecule has 1 saturated carbocycles. The van der Waals surface area contributed by atoms with Gasteiger partial charge in [-0.3, -0.25) is 29.6 Å². The molecule has 2 saturated heterocycles. The molecule has 0 radical (unpaired) electrons. The third kappa shape index (κ3) is 17.9. The van der Waals surface area contributed by atoms with E-state index in [-0.39, 0.29) is 62.2 Å². The highest BCUT2D eigenvalue weighted by Gasteiger charge is 2.53. The first-order chi connectivity index (χ1) is 36.4. The number of carbonyl (C=O) groups excluding carboxylic acids is 7. The van der Waals surface area contributed by atoms with E-state index in [2.05, 4.69) is 0 Å². The fourth-order valence-electron chi connectivity index (χ4n) is 11.1. The number of methoxy groups -OCH3 is 2. The lowest BCUT2D eigenvalue weighted by atomic mass is 9.75. The monoisotopic (exact) mass is 1090 g/mol. The summed E-state index contributed by atoms with van der Waals surface area (Å²) >= 11 is 0. The zero-order valence-electron chi connectivity index (χ0n) is 47.3. The van der Waals surface area contributed by atoms with Crippen LogP contribution in [0.4, 0.5) is 4.79 Å². The van der Waals surface area contributed by atoms with E-state index in [0.29, 0.717) is 79.2 Å². The normalized spacial score (nSPS) is 35.8. The SMILES string of the molecule is CCCCOC(=O)N(O)[C@H]1C[C@@H]2CC[C@@H](C)[C@@](O)(O2)C(=O)C(=O)N2CCCC[C@H]2C(=O)O[C@H]([C@H](C)C[C@@H]2CC[C@@H](C(=O)ON(C)O)[C@H](OC)C2)CC(=O)[C@H](C)/C=C(\C)[C@@H](O)[C@@H](OC)C(=O)[C@H](C)C[C@H](C)\C=C/C=C/C=C/1C. The standard InChI is InChI=1S/C57H89N3O17/c1-12-13-27-74-56(68)60(71)45-32-42-24-22-40(8)57(69,76-42)52(64)53(65)59-26-18-17-21-44(59)55(67)75-47(37(5)30-41-23-25-43(48(31-41)72-10)54(66)77-58(9)70)33-46(61)36(4)29-39(7)50(63)51(73-11)49(62)38(6)28-34(2)19-15-14-16-20-35(45)3/h14-16,19-20,29,34,36-38,40-45,47-48,50-51,63,69-71H,12-13,17-18,21-28,30-33H2,1-11H3/b16-14+,19-15-,35-20+,39-29+/t34-,36-,37-,38-,40-,41+,42+,43-,44+,45+,47+,48-,50-,51+,57-/m1/s1. The van der Waals surface area contributed by atoms with Crippen molar-refractivity contribution in [3.05, 3.63) is 47.6 Å². The second-order valence-electron chi connectivity index (χ2n) is 22.1. The molecule has 0 aromatic carbocycles. The molecule has 4 rings (SSSR count). The van der Waals surface area contributed by atoms with Crippen LogP contribution in [0.3, 0.4) is 0 Å². The Kier molecular flexibility index (Phi) is 25.8. The van der Waals surface area contributed by atoms with Gasteiger partial charge in [0.1, 0.15) is 30.1 Å². The molecule has 3 fully saturated rings. The van der Waals surface area contributed by atoms with Crippen LogP contribution in [0.15, 0.2) is 47.6 Å². The molecule has 77 heavy (non-hydrogen) atoms. The van der Waals surface area contributed by atoms with Gasteiger partial charge in [0.2, 0.25) is 5.79 Å². The van der Waals surface area contributed by atoms with Gasteiger partial charge in [-0.25, -0.2) is 14.4 Å². The first-order valence-corrected chi connectivity index (χ1v) is 27.6. The van der Waals surface area contributed by atoms with E-state index in [1.54, 1.807) is 65.0 Å². The van der Waals surface area contributed by atoms with Gasteiger partial charge in [-0.2, -0.15) is 5.06 Å². The van der Waals surface area contributed by atoms with Gasteiger partial charge < -0.3 is 43.6 Å². The number of rotatable bonds is 11. The Hall–Kier alpha value is -4.67. The minimum atomic E-state index is -2.65. The molecule has 20 heteroatoms. The van der Waals surface area contributed by atoms with Crippen LogP contribution < -0.4 is 0 Å². The number of Topliss-reactive ketones (excluding diaryl/α,β-unsaturated/α-hetero) is 3. The number of ketones is 3. The molecule has 0 unspecified atom stereocenters. The molecule has 2 amide bonds. The number of allylic oxidation sites excluding steroid dienone is 6. The Bertz CT molecular complexity index is 2140. The zero-order valence-corrected chi connectivity index (χ0v) is 47.3. The fraction of sp³-hybridized carbons (Fsp3) is 0.737. The van der Waals surface area contributed by atoms with E-state index in [1.165, 1.54) is 21.3 Å². The summed E-state index contributed by atoms with van der Waals surface area (Å²) in [5.74, 6) is -10.8. The molecule has 3 aliphatic heterocycles. The number of nitrogens with zero attached hydrogens (tertiary/aromatic N) is 3. The van der Waals surface area contributed by atoms with Crippen molar-refractivity contribution in [3.8, 4) is 0 Å². The Labute approximate surface area is 455 Å². The van der Waals surface area contributed by atoms with Crippen molar-refractivity contribution in [2.75, 3.05) is 34.4 Å². The van der Waals surface area contributed by atoms with Crippen LogP contribution in [0, 0.1) is 41.4 Å². The Morgan fingerprint density at radius 1 is 0.909 bits per heavy atom. The third-order valence-electron chi connectivity index (χ3n) is 16.0. The highest BCUT2D eigenvalue weighted by Crippen LogP contribution is 2.39. The molecule has 20 nitrogen and oxygen atoms in total. The molecule has 0 aromatic heterocycles. The number of ether oxygens (including phenoxy) is 5. The Balaban J connectivity index is 1.75. The average molecular weight is 1090 g/mol. The van der Waals surface area contributed by atoms with Gasteiger partial charge in [0.05, 0.1) is 37.8 Å². The zero-order chi connectivity index (χ0) is 57.3. The topological polar surface area (TPSA) is 266 Å². The van der Waals surface area contributed by atoms with E-state index in [1.807, 2.05) is 26.8 Å². The van der Waals surface area contributed by atoms with Crippen LogP contribution >= 0.6 is 0 Å². The fourth-order valence-corrected chi connectivity index (χ4v) is 11.1. The molecule has 434 valence electrons. The van der Waals surface area contributed by atoms with Crippen LogP contribution in [0.2, 0.25) is 0 Å².